The van der Waals surface area contributed by atoms with E-state index in [1.807, 2.05) is 50.2 Å². The zero-order chi connectivity index (χ0) is 17.5. The van der Waals surface area contributed by atoms with Crippen LogP contribution in [-0.4, -0.2) is 18.5 Å². The summed E-state index contributed by atoms with van der Waals surface area (Å²) in [4.78, 5) is 23.5. The molecule has 0 aromatic heterocycles. The molecule has 5 heteroatoms. The van der Waals surface area contributed by atoms with Gasteiger partial charge in [0.15, 0.2) is 6.61 Å². The van der Waals surface area contributed by atoms with Crippen molar-refractivity contribution in [2.24, 2.45) is 0 Å². The van der Waals surface area contributed by atoms with E-state index in [1.165, 1.54) is 6.08 Å². The summed E-state index contributed by atoms with van der Waals surface area (Å²) in [5.74, 6) is -1.02. The van der Waals surface area contributed by atoms with Gasteiger partial charge in [-0.2, -0.15) is 0 Å². The molecule has 0 radical (unpaired) electrons. The number of rotatable bonds is 5. The number of amides is 1. The number of hydrogen-bond acceptors (Lipinski definition) is 3. The van der Waals surface area contributed by atoms with Crippen molar-refractivity contribution < 1.29 is 14.3 Å². The van der Waals surface area contributed by atoms with Crippen LogP contribution in [0.5, 0.6) is 0 Å². The lowest BCUT2D eigenvalue weighted by molar-refractivity contribution is -0.142. The third-order valence-corrected chi connectivity index (χ3v) is 3.55. The summed E-state index contributed by atoms with van der Waals surface area (Å²) in [5.41, 5.74) is 3.26. The minimum Gasteiger partial charge on any atom is -0.452 e. The van der Waals surface area contributed by atoms with Gasteiger partial charge in [-0.3, -0.25) is 4.79 Å². The molecule has 0 aliphatic rings. The second-order valence-electron chi connectivity index (χ2n) is 5.34. The smallest absolute Gasteiger partial charge is 0.331 e. The Hall–Kier alpha value is -2.59. The number of halogens is 1. The highest BCUT2D eigenvalue weighted by Gasteiger charge is 2.11. The Morgan fingerprint density at radius 2 is 1.88 bits per heavy atom. The minimum atomic E-state index is -0.583. The SMILES string of the molecule is Cc1cc(C)c(NC(=O)COC(=O)/C=C/c2ccccc2)c(Cl)c1. The van der Waals surface area contributed by atoms with E-state index in [0.29, 0.717) is 10.7 Å². The fraction of sp³-hybridized carbons (Fsp3) is 0.158. The summed E-state index contributed by atoms with van der Waals surface area (Å²) in [7, 11) is 0. The molecule has 0 saturated heterocycles. The molecule has 2 aromatic rings. The molecule has 0 bridgehead atoms. The van der Waals surface area contributed by atoms with Crippen LogP contribution < -0.4 is 5.32 Å². The predicted octanol–water partition coefficient (Wildman–Crippen LogP) is 4.15. The van der Waals surface area contributed by atoms with Gasteiger partial charge < -0.3 is 10.1 Å². The molecule has 1 N–H and O–H groups in total. The quantitative estimate of drug-likeness (QED) is 0.655. The first-order valence-corrected chi connectivity index (χ1v) is 7.80. The second-order valence-corrected chi connectivity index (χ2v) is 5.75. The summed E-state index contributed by atoms with van der Waals surface area (Å²) in [6.45, 7) is 3.40. The van der Waals surface area contributed by atoms with Gasteiger partial charge in [0.2, 0.25) is 0 Å². The molecule has 124 valence electrons. The average Bonchev–Trinajstić information content (AvgIpc) is 2.55. The van der Waals surface area contributed by atoms with Crippen LogP contribution >= 0.6 is 11.6 Å². The highest BCUT2D eigenvalue weighted by atomic mass is 35.5. The van der Waals surface area contributed by atoms with E-state index < -0.39 is 11.9 Å². The summed E-state index contributed by atoms with van der Waals surface area (Å²) in [6, 6.07) is 13.0. The fourth-order valence-corrected chi connectivity index (χ4v) is 2.53. The van der Waals surface area contributed by atoms with Crippen LogP contribution in [0.4, 0.5) is 5.69 Å². The molecule has 2 aromatic carbocycles. The highest BCUT2D eigenvalue weighted by molar-refractivity contribution is 6.34. The standard InChI is InChI=1S/C19H18ClNO3/c1-13-10-14(2)19(16(20)11-13)21-17(22)12-24-18(23)9-8-15-6-4-3-5-7-15/h3-11H,12H2,1-2H3,(H,21,22)/b9-8+. The molecule has 0 spiro atoms. The van der Waals surface area contributed by atoms with Gasteiger partial charge in [0.05, 0.1) is 10.7 Å². The zero-order valence-electron chi connectivity index (χ0n) is 13.5. The first-order chi connectivity index (χ1) is 11.5. The van der Waals surface area contributed by atoms with Crippen molar-refractivity contribution in [1.29, 1.82) is 0 Å². The lowest BCUT2D eigenvalue weighted by atomic mass is 10.1. The maximum atomic E-state index is 11.9. The number of aryl methyl sites for hydroxylation is 2. The first-order valence-electron chi connectivity index (χ1n) is 7.42. The number of carbonyl (C=O) groups excluding carboxylic acids is 2. The molecule has 0 aliphatic heterocycles. The number of carbonyl (C=O) groups is 2. The van der Waals surface area contributed by atoms with Crippen molar-refractivity contribution in [3.8, 4) is 0 Å². The summed E-state index contributed by atoms with van der Waals surface area (Å²) >= 11 is 6.13. The fourth-order valence-electron chi connectivity index (χ4n) is 2.16. The molecule has 0 aliphatic carbocycles. The Balaban J connectivity index is 1.87. The largest absolute Gasteiger partial charge is 0.452 e. The van der Waals surface area contributed by atoms with Crippen LogP contribution in [0.25, 0.3) is 6.08 Å². The highest BCUT2D eigenvalue weighted by Crippen LogP contribution is 2.27. The maximum absolute atomic E-state index is 11.9. The van der Waals surface area contributed by atoms with Gasteiger partial charge in [-0.25, -0.2) is 4.79 Å². The van der Waals surface area contributed by atoms with Crippen molar-refractivity contribution in [3.63, 3.8) is 0 Å². The van der Waals surface area contributed by atoms with Crippen molar-refractivity contribution in [2.45, 2.75) is 13.8 Å². The number of ether oxygens (including phenoxy) is 1. The second kappa shape index (κ2) is 8.31. The molecule has 0 unspecified atom stereocenters. The summed E-state index contributed by atoms with van der Waals surface area (Å²) < 4.78 is 4.92. The van der Waals surface area contributed by atoms with E-state index in [4.69, 9.17) is 16.3 Å². The van der Waals surface area contributed by atoms with Crippen LogP contribution in [0.15, 0.2) is 48.5 Å². The normalized spacial score (nSPS) is 10.6. The van der Waals surface area contributed by atoms with Gasteiger partial charge in [0.1, 0.15) is 0 Å². The van der Waals surface area contributed by atoms with E-state index in [1.54, 1.807) is 12.1 Å². The number of hydrogen-bond donors (Lipinski definition) is 1. The van der Waals surface area contributed by atoms with Crippen LogP contribution in [-0.2, 0) is 14.3 Å². The van der Waals surface area contributed by atoms with Crippen molar-refractivity contribution in [2.75, 3.05) is 11.9 Å². The molecule has 0 saturated carbocycles. The molecular weight excluding hydrogens is 326 g/mol. The van der Waals surface area contributed by atoms with Crippen LogP contribution in [0.2, 0.25) is 5.02 Å². The Labute approximate surface area is 146 Å². The van der Waals surface area contributed by atoms with Gasteiger partial charge in [0.25, 0.3) is 5.91 Å². The average molecular weight is 344 g/mol. The molecule has 4 nitrogen and oxygen atoms in total. The Kier molecular flexibility index (Phi) is 6.15. The van der Waals surface area contributed by atoms with E-state index in [-0.39, 0.29) is 6.61 Å². The molecule has 1 amide bonds. The minimum absolute atomic E-state index is 0.373. The molecule has 24 heavy (non-hydrogen) atoms. The van der Waals surface area contributed by atoms with Gasteiger partial charge in [-0.1, -0.05) is 48.0 Å². The van der Waals surface area contributed by atoms with Crippen LogP contribution in [0.1, 0.15) is 16.7 Å². The monoisotopic (exact) mass is 343 g/mol. The topological polar surface area (TPSA) is 55.4 Å². The number of esters is 1. The predicted molar refractivity (Wildman–Crippen MR) is 96.0 cm³/mol. The number of anilines is 1. The third-order valence-electron chi connectivity index (χ3n) is 3.25. The summed E-state index contributed by atoms with van der Waals surface area (Å²) in [5, 5.41) is 3.12. The van der Waals surface area contributed by atoms with E-state index in [2.05, 4.69) is 5.32 Å². The van der Waals surface area contributed by atoms with Gasteiger partial charge >= 0.3 is 5.97 Å². The van der Waals surface area contributed by atoms with Gasteiger partial charge in [-0.05, 0) is 42.7 Å². The Bertz CT molecular complexity index is 746. The van der Waals surface area contributed by atoms with E-state index in [9.17, 15) is 9.59 Å². The van der Waals surface area contributed by atoms with Crippen LogP contribution in [0.3, 0.4) is 0 Å². The maximum Gasteiger partial charge on any atom is 0.331 e. The van der Waals surface area contributed by atoms with Crippen molar-refractivity contribution in [3.05, 3.63) is 70.3 Å². The Morgan fingerprint density at radius 1 is 1.17 bits per heavy atom. The van der Waals surface area contributed by atoms with E-state index in [0.717, 1.165) is 16.7 Å². The molecule has 0 heterocycles. The van der Waals surface area contributed by atoms with Crippen molar-refractivity contribution >= 4 is 35.2 Å². The lowest BCUT2D eigenvalue weighted by Crippen LogP contribution is -2.20. The van der Waals surface area contributed by atoms with E-state index >= 15 is 0 Å². The van der Waals surface area contributed by atoms with Crippen molar-refractivity contribution in [1.82, 2.24) is 0 Å². The molecule has 2 rings (SSSR count). The van der Waals surface area contributed by atoms with Crippen LogP contribution in [0, 0.1) is 13.8 Å². The number of nitrogens with one attached hydrogen (secondary N) is 1. The first kappa shape index (κ1) is 17.8. The third kappa shape index (κ3) is 5.25. The zero-order valence-corrected chi connectivity index (χ0v) is 14.3. The van der Waals surface area contributed by atoms with Gasteiger partial charge in [-0.15, -0.1) is 0 Å². The number of benzene rings is 2. The molecule has 0 fully saturated rings. The molecule has 0 atom stereocenters. The molecular formula is C19H18ClNO3. The lowest BCUT2D eigenvalue weighted by Gasteiger charge is -2.11. The van der Waals surface area contributed by atoms with Gasteiger partial charge in [0, 0.05) is 6.08 Å². The summed E-state index contributed by atoms with van der Waals surface area (Å²) in [6.07, 6.45) is 2.91. The Morgan fingerprint density at radius 3 is 2.54 bits per heavy atom.